The molecule has 0 aromatic heterocycles. The summed E-state index contributed by atoms with van der Waals surface area (Å²) in [5, 5.41) is 11.9. The molecule has 1 aliphatic rings. The van der Waals surface area contributed by atoms with Crippen molar-refractivity contribution in [1.29, 1.82) is 0 Å². The van der Waals surface area contributed by atoms with Gasteiger partial charge in [-0.05, 0) is 0 Å². The molecule has 0 aliphatic carbocycles. The summed E-state index contributed by atoms with van der Waals surface area (Å²) < 4.78 is 2.20. The van der Waals surface area contributed by atoms with Crippen LogP contribution in [0.5, 0.6) is 0 Å². The minimum atomic E-state index is 0. The Bertz CT molecular complexity index is 628. The predicted molar refractivity (Wildman–Crippen MR) is 68.6 cm³/mol. The second-order valence-electron chi connectivity index (χ2n) is 3.75. The number of fused-ring (bicyclic) bond motifs is 1. The molecule has 0 unspecified atom stereocenters. The first-order chi connectivity index (χ1) is 8.34. The van der Waals surface area contributed by atoms with Crippen molar-refractivity contribution in [1.82, 2.24) is 0 Å². The summed E-state index contributed by atoms with van der Waals surface area (Å²) in [5.74, 6) is 0.00702. The molecular weight excluding hydrogens is 282 g/mol. The molecule has 0 radical (unpaired) electrons. The van der Waals surface area contributed by atoms with Gasteiger partial charge in [0.1, 0.15) is 0 Å². The zero-order chi connectivity index (χ0) is 11.7. The van der Waals surface area contributed by atoms with E-state index in [0.29, 0.717) is 0 Å². The fourth-order valence-corrected chi connectivity index (χ4v) is 3.94. The topological polar surface area (TPSA) is 23.1 Å². The van der Waals surface area contributed by atoms with Crippen molar-refractivity contribution in [2.75, 3.05) is 0 Å². The van der Waals surface area contributed by atoms with Gasteiger partial charge in [-0.1, -0.05) is 0 Å². The van der Waals surface area contributed by atoms with Gasteiger partial charge in [-0.15, -0.1) is 0 Å². The van der Waals surface area contributed by atoms with Gasteiger partial charge in [0.25, 0.3) is 0 Å². The van der Waals surface area contributed by atoms with Gasteiger partial charge in [-0.25, -0.2) is 0 Å². The van der Waals surface area contributed by atoms with E-state index in [4.69, 9.17) is 0 Å². The van der Waals surface area contributed by atoms with Crippen LogP contribution in [-0.2, 0) is 0 Å². The van der Waals surface area contributed by atoms with Crippen LogP contribution >= 0.6 is 0 Å². The second kappa shape index (κ2) is 5.68. The van der Waals surface area contributed by atoms with E-state index in [1.165, 1.54) is 0 Å². The van der Waals surface area contributed by atoms with Crippen molar-refractivity contribution >= 4 is 29.6 Å². The Labute approximate surface area is 125 Å². The van der Waals surface area contributed by atoms with E-state index < -0.39 is 0 Å². The van der Waals surface area contributed by atoms with E-state index in [1.807, 2.05) is 54.6 Å². The van der Waals surface area contributed by atoms with Crippen LogP contribution in [0.15, 0.2) is 60.3 Å². The quantitative estimate of drug-likeness (QED) is 0.457. The predicted octanol–water partition coefficient (Wildman–Crippen LogP) is -1.63. The van der Waals surface area contributed by atoms with Gasteiger partial charge in [0.2, 0.25) is 0 Å². The molecule has 18 heavy (non-hydrogen) atoms. The van der Waals surface area contributed by atoms with E-state index in [-0.39, 0.29) is 39.6 Å². The molecule has 0 amide bonds. The van der Waals surface area contributed by atoms with Gasteiger partial charge in [0.15, 0.2) is 0 Å². The summed E-state index contributed by atoms with van der Waals surface area (Å²) in [6, 6.07) is 17.8. The zero-order valence-corrected chi connectivity index (χ0v) is 11.7. The first-order valence-corrected chi connectivity index (χ1v) is 7.06. The molecule has 0 spiro atoms. The summed E-state index contributed by atoms with van der Waals surface area (Å²) >= 11 is 0.172. The van der Waals surface area contributed by atoms with Crippen molar-refractivity contribution in [3.05, 3.63) is 71.5 Å². The summed E-state index contributed by atoms with van der Waals surface area (Å²) in [7, 11) is 0. The Kier molecular flexibility index (Phi) is 4.20. The Morgan fingerprint density at radius 2 is 1.56 bits per heavy atom. The van der Waals surface area contributed by atoms with Crippen LogP contribution in [-0.4, -0.2) is 15.0 Å². The van der Waals surface area contributed by atoms with Crippen molar-refractivity contribution in [2.24, 2.45) is 0 Å². The first kappa shape index (κ1) is 13.3. The van der Waals surface area contributed by atoms with E-state index in [2.05, 4.69) is 5.73 Å². The third-order valence-corrected chi connectivity index (χ3v) is 4.95. The summed E-state index contributed by atoms with van der Waals surface area (Å²) in [4.78, 5) is 0. The monoisotopic (exact) mass is 292 g/mol. The molecule has 2 aromatic carbocycles. The average molecular weight is 291 g/mol. The number of benzene rings is 2. The summed E-state index contributed by atoms with van der Waals surface area (Å²) in [6.07, 6.45) is 0. The van der Waals surface area contributed by atoms with Crippen LogP contribution in [0.3, 0.4) is 0 Å². The van der Waals surface area contributed by atoms with E-state index >= 15 is 0 Å². The van der Waals surface area contributed by atoms with Crippen LogP contribution in [0.25, 0.3) is 10.2 Å². The maximum absolute atomic E-state index is 11.9. The zero-order valence-electron chi connectivity index (χ0n) is 10.0. The van der Waals surface area contributed by atoms with E-state index in [9.17, 15) is 5.11 Å². The molecule has 1 heterocycles. The Morgan fingerprint density at radius 1 is 0.889 bits per heavy atom. The van der Waals surface area contributed by atoms with Gasteiger partial charge in [-0.3, -0.25) is 0 Å². The molecule has 82 valence electrons. The van der Waals surface area contributed by atoms with Gasteiger partial charge in [-0.2, -0.15) is 0 Å². The molecular formula is C15H9LiOSe. The first-order valence-electron chi connectivity index (χ1n) is 5.35. The normalized spacial score (nSPS) is 12.9. The van der Waals surface area contributed by atoms with Crippen LogP contribution in [0.1, 0.15) is 11.1 Å². The Hall–Kier alpha value is -1.12. The number of hydrogen-bond acceptors (Lipinski definition) is 1. The molecule has 2 aromatic rings. The number of hydrogen-bond donors (Lipinski definition) is 0. The van der Waals surface area contributed by atoms with Crippen LogP contribution < -0.4 is 28.4 Å². The molecule has 3 heteroatoms. The molecule has 0 N–H and O–H groups in total. The second-order valence-corrected chi connectivity index (χ2v) is 5.96. The van der Waals surface area contributed by atoms with E-state index in [1.54, 1.807) is 0 Å². The molecule has 1 nitrogen and oxygen atoms in total. The Morgan fingerprint density at radius 3 is 2.33 bits per heavy atom. The number of rotatable bonds is 1. The minimum absolute atomic E-state index is 0. The third kappa shape index (κ3) is 2.50. The van der Waals surface area contributed by atoms with Crippen LogP contribution in [0, 0.1) is 0 Å². The van der Waals surface area contributed by atoms with Crippen LogP contribution in [0.4, 0.5) is 0 Å². The van der Waals surface area contributed by atoms with Gasteiger partial charge in [0, 0.05) is 0 Å². The summed E-state index contributed by atoms with van der Waals surface area (Å²) in [5.41, 5.74) is 4.91. The standard InChI is InChI=1S/C15H10OSe.Li/c16-13-10-15(11-6-2-1-3-7-11)17-14-9-5-4-8-12(13)14;/h1-9,16H;/q;+1/p-1. The molecule has 3 rings (SSSR count). The van der Waals surface area contributed by atoms with Crippen molar-refractivity contribution < 1.29 is 24.0 Å². The molecule has 1 aliphatic heterocycles. The van der Waals surface area contributed by atoms with Gasteiger partial charge < -0.3 is 0 Å². The Balaban J connectivity index is 0.00000120. The SMILES string of the molecule is [Li+].[O-]C1=C=C(c2ccccc2)[Se]c2ccccc21. The molecule has 0 fully saturated rings. The average Bonchev–Trinajstić information content (AvgIpc) is 2.40. The van der Waals surface area contributed by atoms with Crippen molar-refractivity contribution in [2.45, 2.75) is 0 Å². The third-order valence-electron chi connectivity index (χ3n) is 2.61. The summed E-state index contributed by atoms with van der Waals surface area (Å²) in [6.45, 7) is 0. The molecule has 0 saturated heterocycles. The fourth-order valence-electron chi connectivity index (χ4n) is 1.77. The maximum atomic E-state index is 11.9. The molecule has 0 atom stereocenters. The fraction of sp³-hybridized carbons (Fsp3) is 0. The van der Waals surface area contributed by atoms with Crippen molar-refractivity contribution in [3.8, 4) is 0 Å². The van der Waals surface area contributed by atoms with Gasteiger partial charge in [0.05, 0.1) is 0 Å². The van der Waals surface area contributed by atoms with Gasteiger partial charge >= 0.3 is 125 Å². The molecule has 0 saturated carbocycles. The van der Waals surface area contributed by atoms with Crippen molar-refractivity contribution in [3.63, 3.8) is 0 Å². The molecule has 0 bridgehead atoms. The van der Waals surface area contributed by atoms with E-state index in [0.717, 1.165) is 20.1 Å². The van der Waals surface area contributed by atoms with Crippen LogP contribution in [0.2, 0.25) is 0 Å².